The van der Waals surface area contributed by atoms with Gasteiger partial charge in [0.05, 0.1) is 5.56 Å². The van der Waals surface area contributed by atoms with Gasteiger partial charge in [-0.25, -0.2) is 9.37 Å². The van der Waals surface area contributed by atoms with E-state index in [0.29, 0.717) is 22.8 Å². The molecule has 0 saturated heterocycles. The number of nitriles is 1. The number of halogens is 1. The van der Waals surface area contributed by atoms with Gasteiger partial charge in [0.25, 0.3) is 5.91 Å². The molecule has 2 rings (SSSR count). The fourth-order valence-electron chi connectivity index (χ4n) is 1.82. The standard InChI is InChI=1S/C15H13FN4O/c1-9-5-10(7-14(18-2)19-9)15(21)20-12-3-4-13(16)11(6-12)8-17/h3-7H,1-2H3,(H,18,19)(H,20,21). The van der Waals surface area contributed by atoms with Gasteiger partial charge in [0, 0.05) is 24.0 Å². The normalized spacial score (nSPS) is 9.81. The van der Waals surface area contributed by atoms with Crippen LogP contribution in [-0.4, -0.2) is 17.9 Å². The average Bonchev–Trinajstić information content (AvgIpc) is 2.48. The van der Waals surface area contributed by atoms with Crippen molar-refractivity contribution in [1.29, 1.82) is 5.26 Å². The van der Waals surface area contributed by atoms with Gasteiger partial charge >= 0.3 is 0 Å². The molecule has 21 heavy (non-hydrogen) atoms. The fraction of sp³-hybridized carbons (Fsp3) is 0.133. The zero-order chi connectivity index (χ0) is 15.4. The highest BCUT2D eigenvalue weighted by Gasteiger charge is 2.10. The van der Waals surface area contributed by atoms with Crippen molar-refractivity contribution in [2.45, 2.75) is 6.92 Å². The first-order chi connectivity index (χ1) is 10.0. The fourth-order valence-corrected chi connectivity index (χ4v) is 1.82. The molecule has 0 bridgehead atoms. The molecule has 2 aromatic rings. The smallest absolute Gasteiger partial charge is 0.255 e. The summed E-state index contributed by atoms with van der Waals surface area (Å²) in [5.41, 5.74) is 1.37. The number of aromatic nitrogens is 1. The molecule has 1 heterocycles. The van der Waals surface area contributed by atoms with Gasteiger partial charge in [0.15, 0.2) is 0 Å². The van der Waals surface area contributed by atoms with Crippen molar-refractivity contribution in [2.75, 3.05) is 17.7 Å². The summed E-state index contributed by atoms with van der Waals surface area (Å²) in [5.74, 6) is -0.391. The van der Waals surface area contributed by atoms with Crippen LogP contribution in [0.2, 0.25) is 0 Å². The number of nitrogens with zero attached hydrogens (tertiary/aromatic N) is 2. The number of nitrogens with one attached hydrogen (secondary N) is 2. The molecule has 0 aliphatic rings. The highest BCUT2D eigenvalue weighted by Crippen LogP contribution is 2.16. The molecule has 0 unspecified atom stereocenters. The molecule has 6 heteroatoms. The second-order valence-corrected chi connectivity index (χ2v) is 4.39. The lowest BCUT2D eigenvalue weighted by Gasteiger charge is -2.08. The van der Waals surface area contributed by atoms with Gasteiger partial charge in [-0.2, -0.15) is 5.26 Å². The zero-order valence-corrected chi connectivity index (χ0v) is 11.6. The van der Waals surface area contributed by atoms with Crippen LogP contribution in [0.25, 0.3) is 0 Å². The largest absolute Gasteiger partial charge is 0.373 e. The minimum absolute atomic E-state index is 0.116. The molecule has 0 radical (unpaired) electrons. The lowest BCUT2D eigenvalue weighted by atomic mass is 10.1. The Balaban J connectivity index is 2.26. The molecule has 0 aliphatic carbocycles. The van der Waals surface area contributed by atoms with E-state index in [1.54, 1.807) is 32.2 Å². The van der Waals surface area contributed by atoms with Gasteiger partial charge in [-0.05, 0) is 37.3 Å². The third-order valence-electron chi connectivity index (χ3n) is 2.82. The lowest BCUT2D eigenvalue weighted by Crippen LogP contribution is -2.13. The number of hydrogen-bond donors (Lipinski definition) is 2. The first-order valence-corrected chi connectivity index (χ1v) is 6.21. The number of amides is 1. The molecular weight excluding hydrogens is 271 g/mol. The summed E-state index contributed by atoms with van der Waals surface area (Å²) in [6.07, 6.45) is 0. The van der Waals surface area contributed by atoms with E-state index in [0.717, 1.165) is 6.07 Å². The van der Waals surface area contributed by atoms with Gasteiger partial charge in [-0.15, -0.1) is 0 Å². The van der Waals surface area contributed by atoms with Crippen molar-refractivity contribution in [3.63, 3.8) is 0 Å². The molecule has 0 fully saturated rings. The molecule has 1 aromatic heterocycles. The maximum atomic E-state index is 13.2. The number of aryl methyl sites for hydroxylation is 1. The third-order valence-corrected chi connectivity index (χ3v) is 2.82. The predicted molar refractivity (Wildman–Crippen MR) is 77.6 cm³/mol. The summed E-state index contributed by atoms with van der Waals surface area (Å²) in [5, 5.41) is 14.3. The molecule has 0 spiro atoms. The molecule has 0 saturated carbocycles. The van der Waals surface area contributed by atoms with Crippen LogP contribution < -0.4 is 10.6 Å². The number of pyridine rings is 1. The summed E-state index contributed by atoms with van der Waals surface area (Å²) in [4.78, 5) is 16.4. The quantitative estimate of drug-likeness (QED) is 0.908. The summed E-state index contributed by atoms with van der Waals surface area (Å²) < 4.78 is 13.2. The topological polar surface area (TPSA) is 77.8 Å². The van der Waals surface area contributed by atoms with E-state index in [2.05, 4.69) is 15.6 Å². The molecule has 0 aliphatic heterocycles. The molecule has 5 nitrogen and oxygen atoms in total. The van der Waals surface area contributed by atoms with Crippen molar-refractivity contribution in [3.8, 4) is 6.07 Å². The van der Waals surface area contributed by atoms with E-state index in [-0.39, 0.29) is 11.5 Å². The van der Waals surface area contributed by atoms with E-state index in [4.69, 9.17) is 5.26 Å². The maximum Gasteiger partial charge on any atom is 0.255 e. The van der Waals surface area contributed by atoms with Crippen molar-refractivity contribution < 1.29 is 9.18 Å². The summed E-state index contributed by atoms with van der Waals surface area (Å²) in [6.45, 7) is 1.78. The van der Waals surface area contributed by atoms with Crippen LogP contribution >= 0.6 is 0 Å². The Morgan fingerprint density at radius 2 is 2.10 bits per heavy atom. The van der Waals surface area contributed by atoms with Gasteiger partial charge in [0.2, 0.25) is 0 Å². The summed E-state index contributed by atoms with van der Waals surface area (Å²) in [7, 11) is 1.71. The highest BCUT2D eigenvalue weighted by atomic mass is 19.1. The van der Waals surface area contributed by atoms with Gasteiger partial charge < -0.3 is 10.6 Å². The van der Waals surface area contributed by atoms with Crippen molar-refractivity contribution in [3.05, 3.63) is 53.0 Å². The number of anilines is 2. The Kier molecular flexibility index (Phi) is 4.14. The average molecular weight is 284 g/mol. The summed E-state index contributed by atoms with van der Waals surface area (Å²) >= 11 is 0. The van der Waals surface area contributed by atoms with Crippen LogP contribution in [0.3, 0.4) is 0 Å². The van der Waals surface area contributed by atoms with E-state index in [1.807, 2.05) is 0 Å². The monoisotopic (exact) mass is 284 g/mol. The predicted octanol–water partition coefficient (Wildman–Crippen LogP) is 2.69. The maximum absolute atomic E-state index is 13.2. The first kappa shape index (κ1) is 14.5. The number of benzene rings is 1. The minimum Gasteiger partial charge on any atom is -0.373 e. The molecule has 1 aromatic carbocycles. The molecule has 2 N–H and O–H groups in total. The minimum atomic E-state index is -0.618. The van der Waals surface area contributed by atoms with Crippen LogP contribution in [0.5, 0.6) is 0 Å². The number of carbonyl (C=O) groups excluding carboxylic acids is 1. The van der Waals surface area contributed by atoms with Crippen molar-refractivity contribution in [1.82, 2.24) is 4.98 Å². The first-order valence-electron chi connectivity index (χ1n) is 6.21. The molecule has 106 valence electrons. The van der Waals surface area contributed by atoms with E-state index < -0.39 is 5.82 Å². The second-order valence-electron chi connectivity index (χ2n) is 4.39. The Hall–Kier alpha value is -2.94. The van der Waals surface area contributed by atoms with Crippen LogP contribution in [0.15, 0.2) is 30.3 Å². The van der Waals surface area contributed by atoms with Crippen molar-refractivity contribution in [2.24, 2.45) is 0 Å². The van der Waals surface area contributed by atoms with Gasteiger partial charge in [0.1, 0.15) is 17.7 Å². The Morgan fingerprint density at radius 1 is 1.33 bits per heavy atom. The molecule has 0 atom stereocenters. The molecular formula is C15H13FN4O. The van der Waals surface area contributed by atoms with Crippen LogP contribution in [0.4, 0.5) is 15.9 Å². The van der Waals surface area contributed by atoms with Crippen LogP contribution in [0, 0.1) is 24.1 Å². The van der Waals surface area contributed by atoms with Gasteiger partial charge in [-0.3, -0.25) is 4.79 Å². The van der Waals surface area contributed by atoms with Crippen LogP contribution in [-0.2, 0) is 0 Å². The Bertz CT molecular complexity index is 737. The van der Waals surface area contributed by atoms with Gasteiger partial charge in [-0.1, -0.05) is 0 Å². The highest BCUT2D eigenvalue weighted by molar-refractivity contribution is 6.04. The second kappa shape index (κ2) is 6.01. The number of carbonyl (C=O) groups is 1. The van der Waals surface area contributed by atoms with Crippen molar-refractivity contribution >= 4 is 17.4 Å². The number of hydrogen-bond acceptors (Lipinski definition) is 4. The Labute approximate surface area is 121 Å². The SMILES string of the molecule is CNc1cc(C(=O)Nc2ccc(F)c(C#N)c2)cc(C)n1. The van der Waals surface area contributed by atoms with E-state index in [1.165, 1.54) is 12.1 Å². The third kappa shape index (κ3) is 3.34. The van der Waals surface area contributed by atoms with E-state index in [9.17, 15) is 9.18 Å². The molecule has 1 amide bonds. The van der Waals surface area contributed by atoms with Crippen LogP contribution in [0.1, 0.15) is 21.6 Å². The Morgan fingerprint density at radius 3 is 2.76 bits per heavy atom. The van der Waals surface area contributed by atoms with E-state index >= 15 is 0 Å². The summed E-state index contributed by atoms with van der Waals surface area (Å²) in [6, 6.07) is 8.82. The number of rotatable bonds is 3. The zero-order valence-electron chi connectivity index (χ0n) is 11.6. The lowest BCUT2D eigenvalue weighted by molar-refractivity contribution is 0.102.